The number of carboxylic acids is 1. The predicted molar refractivity (Wildman–Crippen MR) is 81.1 cm³/mol. The van der Waals surface area contributed by atoms with Crippen LogP contribution in [-0.2, 0) is 5.75 Å². The number of benzene rings is 1. The summed E-state index contributed by atoms with van der Waals surface area (Å²) in [5.41, 5.74) is 9.51. The van der Waals surface area contributed by atoms with Gasteiger partial charge in [0.15, 0.2) is 0 Å². The van der Waals surface area contributed by atoms with Crippen LogP contribution in [-0.4, -0.2) is 16.1 Å². The number of nitrogens with two attached hydrogens (primary N) is 1. The zero-order valence-electron chi connectivity index (χ0n) is 11.4. The van der Waals surface area contributed by atoms with Gasteiger partial charge in [-0.1, -0.05) is 29.3 Å². The summed E-state index contributed by atoms with van der Waals surface area (Å²) in [5, 5.41) is 9.69. The van der Waals surface area contributed by atoms with Gasteiger partial charge in [0.1, 0.15) is 0 Å². The molecule has 0 saturated carbocycles. The molecule has 0 spiro atoms. The van der Waals surface area contributed by atoms with Crippen LogP contribution in [0.2, 0.25) is 0 Å². The highest BCUT2D eigenvalue weighted by Gasteiger charge is 2.10. The number of aryl methyl sites for hydroxylation is 2. The van der Waals surface area contributed by atoms with Crippen molar-refractivity contribution in [3.05, 3.63) is 52.7 Å². The summed E-state index contributed by atoms with van der Waals surface area (Å²) in [4.78, 5) is 15.2. The first-order chi connectivity index (χ1) is 9.45. The highest BCUT2D eigenvalue weighted by atomic mass is 32.2. The normalized spacial score (nSPS) is 10.5. The first kappa shape index (κ1) is 14.4. The fourth-order valence-corrected chi connectivity index (χ4v) is 2.83. The highest BCUT2D eigenvalue weighted by molar-refractivity contribution is 7.98. The topological polar surface area (TPSA) is 76.2 Å². The third kappa shape index (κ3) is 3.51. The number of pyridine rings is 1. The molecular weight excluding hydrogens is 272 g/mol. The third-order valence-corrected chi connectivity index (χ3v) is 3.80. The van der Waals surface area contributed by atoms with Gasteiger partial charge in [-0.05, 0) is 25.5 Å². The summed E-state index contributed by atoms with van der Waals surface area (Å²) >= 11 is 1.50. The Balaban J connectivity index is 2.14. The van der Waals surface area contributed by atoms with Crippen molar-refractivity contribution in [2.75, 3.05) is 5.73 Å². The number of hydrogen-bond donors (Lipinski definition) is 2. The zero-order valence-corrected chi connectivity index (χ0v) is 12.2. The van der Waals surface area contributed by atoms with Gasteiger partial charge in [-0.15, -0.1) is 11.8 Å². The molecule has 20 heavy (non-hydrogen) atoms. The third-order valence-electron chi connectivity index (χ3n) is 2.81. The maximum absolute atomic E-state index is 11.0. The lowest BCUT2D eigenvalue weighted by Gasteiger charge is -2.06. The van der Waals surface area contributed by atoms with Gasteiger partial charge >= 0.3 is 5.97 Å². The molecule has 1 heterocycles. The van der Waals surface area contributed by atoms with E-state index in [0.717, 1.165) is 5.75 Å². The molecular formula is C15H16N2O2S. The molecule has 0 saturated heterocycles. The largest absolute Gasteiger partial charge is 0.478 e. The number of carboxylic acid groups (broad SMARTS) is 1. The summed E-state index contributed by atoms with van der Waals surface area (Å²) in [7, 11) is 0. The van der Waals surface area contributed by atoms with Crippen LogP contribution in [0.25, 0.3) is 0 Å². The van der Waals surface area contributed by atoms with E-state index in [2.05, 4.69) is 37.0 Å². The number of nitrogen functional groups attached to an aromatic ring is 1. The maximum Gasteiger partial charge on any atom is 0.337 e. The number of anilines is 1. The molecule has 1 aromatic heterocycles. The molecule has 0 amide bonds. The Morgan fingerprint density at radius 3 is 2.50 bits per heavy atom. The molecule has 1 aromatic carbocycles. The number of carbonyl (C=O) groups is 1. The number of nitrogens with zero attached hydrogens (tertiary/aromatic N) is 1. The average molecular weight is 288 g/mol. The molecule has 0 aliphatic rings. The van der Waals surface area contributed by atoms with E-state index in [1.165, 1.54) is 40.7 Å². The van der Waals surface area contributed by atoms with E-state index in [4.69, 9.17) is 10.8 Å². The molecule has 104 valence electrons. The lowest BCUT2D eigenvalue weighted by molar-refractivity contribution is 0.0697. The Bertz CT molecular complexity index is 636. The molecule has 0 fully saturated rings. The Morgan fingerprint density at radius 1 is 1.25 bits per heavy atom. The van der Waals surface area contributed by atoms with E-state index in [9.17, 15) is 4.79 Å². The summed E-state index contributed by atoms with van der Waals surface area (Å²) < 4.78 is 0. The average Bonchev–Trinajstić information content (AvgIpc) is 2.36. The van der Waals surface area contributed by atoms with E-state index in [-0.39, 0.29) is 11.3 Å². The van der Waals surface area contributed by atoms with Crippen molar-refractivity contribution >= 4 is 23.4 Å². The van der Waals surface area contributed by atoms with E-state index in [1.807, 2.05) is 0 Å². The molecule has 0 atom stereocenters. The number of hydrogen-bond acceptors (Lipinski definition) is 4. The van der Waals surface area contributed by atoms with Crippen LogP contribution in [0.3, 0.4) is 0 Å². The summed E-state index contributed by atoms with van der Waals surface area (Å²) in [6.45, 7) is 4.12. The Kier molecular flexibility index (Phi) is 4.29. The molecule has 0 bridgehead atoms. The number of thioether (sulfide) groups is 1. The Labute approximate surface area is 122 Å². The summed E-state index contributed by atoms with van der Waals surface area (Å²) in [6, 6.07) is 7.88. The van der Waals surface area contributed by atoms with Crippen LogP contribution in [0, 0.1) is 13.8 Å². The van der Waals surface area contributed by atoms with E-state index in [1.54, 1.807) is 0 Å². The van der Waals surface area contributed by atoms with E-state index in [0.29, 0.717) is 5.03 Å². The van der Waals surface area contributed by atoms with Crippen LogP contribution in [0.5, 0.6) is 0 Å². The van der Waals surface area contributed by atoms with Gasteiger partial charge in [0.2, 0.25) is 0 Å². The van der Waals surface area contributed by atoms with Gasteiger partial charge in [-0.2, -0.15) is 0 Å². The fourth-order valence-electron chi connectivity index (χ4n) is 2.02. The van der Waals surface area contributed by atoms with Gasteiger partial charge in [0, 0.05) is 5.75 Å². The lowest BCUT2D eigenvalue weighted by Crippen LogP contribution is -2.03. The SMILES string of the molecule is Cc1cc(C)cc(CSc2cc(C(=O)O)c(N)cn2)c1. The monoisotopic (exact) mass is 288 g/mol. The summed E-state index contributed by atoms with van der Waals surface area (Å²) in [5.74, 6) is -0.281. The quantitative estimate of drug-likeness (QED) is 0.844. The first-order valence-electron chi connectivity index (χ1n) is 6.14. The highest BCUT2D eigenvalue weighted by Crippen LogP contribution is 2.24. The number of aromatic nitrogens is 1. The van der Waals surface area contributed by atoms with Gasteiger partial charge in [0.05, 0.1) is 22.5 Å². The van der Waals surface area contributed by atoms with Crippen LogP contribution < -0.4 is 5.73 Å². The molecule has 3 N–H and O–H groups in total. The van der Waals surface area contributed by atoms with Gasteiger partial charge < -0.3 is 10.8 Å². The van der Waals surface area contributed by atoms with Gasteiger partial charge in [0.25, 0.3) is 0 Å². The van der Waals surface area contributed by atoms with Crippen LogP contribution in [0.4, 0.5) is 5.69 Å². The second-order valence-corrected chi connectivity index (χ2v) is 5.70. The van der Waals surface area contributed by atoms with Crippen LogP contribution >= 0.6 is 11.8 Å². The van der Waals surface area contributed by atoms with E-state index < -0.39 is 5.97 Å². The van der Waals surface area contributed by atoms with Crippen molar-refractivity contribution in [3.8, 4) is 0 Å². The lowest BCUT2D eigenvalue weighted by atomic mass is 10.1. The fraction of sp³-hybridized carbons (Fsp3) is 0.200. The smallest absolute Gasteiger partial charge is 0.337 e. The van der Waals surface area contributed by atoms with Crippen molar-refractivity contribution in [2.45, 2.75) is 24.6 Å². The minimum Gasteiger partial charge on any atom is -0.478 e. The second-order valence-electron chi connectivity index (χ2n) is 4.70. The Hall–Kier alpha value is -2.01. The second kappa shape index (κ2) is 5.96. The molecule has 2 rings (SSSR count). The molecule has 5 heteroatoms. The molecule has 0 aliphatic carbocycles. The number of rotatable bonds is 4. The number of aromatic carboxylic acids is 1. The van der Waals surface area contributed by atoms with Crippen LogP contribution in [0.15, 0.2) is 35.5 Å². The first-order valence-corrected chi connectivity index (χ1v) is 7.13. The molecule has 2 aromatic rings. The van der Waals surface area contributed by atoms with Gasteiger partial charge in [-0.25, -0.2) is 9.78 Å². The van der Waals surface area contributed by atoms with Crippen molar-refractivity contribution in [1.29, 1.82) is 0 Å². The minimum atomic E-state index is -1.03. The standard InChI is InChI=1S/C15H16N2O2S/c1-9-3-10(2)5-11(4-9)8-20-14-6-12(15(18)19)13(16)7-17-14/h3-7H,8,16H2,1-2H3,(H,18,19). The molecule has 0 radical (unpaired) electrons. The molecule has 0 unspecified atom stereocenters. The van der Waals surface area contributed by atoms with Gasteiger partial charge in [-0.3, -0.25) is 0 Å². The zero-order chi connectivity index (χ0) is 14.7. The van der Waals surface area contributed by atoms with Crippen LogP contribution in [0.1, 0.15) is 27.0 Å². The predicted octanol–water partition coefficient (Wildman–Crippen LogP) is 3.27. The minimum absolute atomic E-state index is 0.0999. The van der Waals surface area contributed by atoms with E-state index >= 15 is 0 Å². The van der Waals surface area contributed by atoms with Crippen molar-refractivity contribution in [3.63, 3.8) is 0 Å². The maximum atomic E-state index is 11.0. The Morgan fingerprint density at radius 2 is 1.90 bits per heavy atom. The van der Waals surface area contributed by atoms with Crippen molar-refractivity contribution in [2.24, 2.45) is 0 Å². The summed E-state index contributed by atoms with van der Waals surface area (Å²) in [6.07, 6.45) is 1.40. The molecule has 0 aliphatic heterocycles. The molecule has 4 nitrogen and oxygen atoms in total. The van der Waals surface area contributed by atoms with Crippen molar-refractivity contribution in [1.82, 2.24) is 4.98 Å². The van der Waals surface area contributed by atoms with Crippen molar-refractivity contribution < 1.29 is 9.90 Å².